The topological polar surface area (TPSA) is 42.2 Å². The number of nitrogens with zero attached hydrogens (tertiary/aromatic N) is 1. The van der Waals surface area contributed by atoms with Crippen LogP contribution in [0.15, 0.2) is 48.5 Å². The van der Waals surface area contributed by atoms with E-state index >= 15 is 0 Å². The molecule has 0 fully saturated rings. The van der Waals surface area contributed by atoms with Crippen molar-refractivity contribution in [1.82, 2.24) is 4.57 Å². The lowest BCUT2D eigenvalue weighted by Gasteiger charge is -1.99. The van der Waals surface area contributed by atoms with E-state index in [2.05, 4.69) is 0 Å². The highest BCUT2D eigenvalue weighted by molar-refractivity contribution is 6.32. The highest BCUT2D eigenvalue weighted by Crippen LogP contribution is 2.29. The summed E-state index contributed by atoms with van der Waals surface area (Å²) in [4.78, 5) is 12.7. The minimum Gasteiger partial charge on any atom is -0.508 e. The molecule has 0 radical (unpaired) electrons. The molecule has 3 rings (SSSR count). The number of benzene rings is 2. The van der Waals surface area contributed by atoms with Crippen LogP contribution < -0.4 is 0 Å². The number of phenols is 1. The molecule has 2 aromatic carbocycles. The summed E-state index contributed by atoms with van der Waals surface area (Å²) in [5.41, 5.74) is 3.17. The first-order valence-electron chi connectivity index (χ1n) is 7.24. The molecular formula is C19H16ClNO2. The lowest BCUT2D eigenvalue weighted by molar-refractivity contribution is 0.104. The van der Waals surface area contributed by atoms with Gasteiger partial charge < -0.3 is 9.67 Å². The van der Waals surface area contributed by atoms with Crippen LogP contribution in [0.4, 0.5) is 0 Å². The number of phenolic OH excluding ortho intramolecular Hbond substituents is 1. The second-order valence-electron chi connectivity index (χ2n) is 5.44. The number of halogens is 1. The van der Waals surface area contributed by atoms with Crippen LogP contribution in [-0.2, 0) is 7.05 Å². The number of hydrogen-bond donors (Lipinski definition) is 1. The molecule has 23 heavy (non-hydrogen) atoms. The molecule has 0 saturated carbocycles. The summed E-state index contributed by atoms with van der Waals surface area (Å²) in [6, 6.07) is 12.4. The lowest BCUT2D eigenvalue weighted by atomic mass is 10.1. The molecule has 1 aromatic heterocycles. The van der Waals surface area contributed by atoms with Gasteiger partial charge in [-0.15, -0.1) is 0 Å². The first-order chi connectivity index (χ1) is 11.0. The molecule has 0 aliphatic carbocycles. The zero-order valence-corrected chi connectivity index (χ0v) is 13.6. The van der Waals surface area contributed by atoms with Gasteiger partial charge in [-0.1, -0.05) is 29.8 Å². The smallest absolute Gasteiger partial charge is 0.188 e. The van der Waals surface area contributed by atoms with Crippen molar-refractivity contribution < 1.29 is 9.90 Å². The van der Waals surface area contributed by atoms with Gasteiger partial charge >= 0.3 is 0 Å². The van der Waals surface area contributed by atoms with Crippen molar-refractivity contribution in [3.05, 3.63) is 70.4 Å². The highest BCUT2D eigenvalue weighted by Gasteiger charge is 2.17. The van der Waals surface area contributed by atoms with Gasteiger partial charge in [-0.3, -0.25) is 4.79 Å². The minimum absolute atomic E-state index is 0.112. The van der Waals surface area contributed by atoms with E-state index in [1.807, 2.05) is 42.8 Å². The predicted molar refractivity (Wildman–Crippen MR) is 94.1 cm³/mol. The van der Waals surface area contributed by atoms with Crippen LogP contribution >= 0.6 is 11.6 Å². The molecule has 0 atom stereocenters. The van der Waals surface area contributed by atoms with Gasteiger partial charge in [0.15, 0.2) is 5.78 Å². The summed E-state index contributed by atoms with van der Waals surface area (Å²) >= 11 is 6.11. The first-order valence-corrected chi connectivity index (χ1v) is 7.62. The van der Waals surface area contributed by atoms with E-state index in [1.165, 1.54) is 6.08 Å². The van der Waals surface area contributed by atoms with E-state index in [-0.39, 0.29) is 11.5 Å². The average molecular weight is 326 g/mol. The van der Waals surface area contributed by atoms with Crippen molar-refractivity contribution in [2.45, 2.75) is 6.92 Å². The molecule has 3 nitrogen and oxygen atoms in total. The van der Waals surface area contributed by atoms with Crippen LogP contribution in [0.3, 0.4) is 0 Å². The Balaban J connectivity index is 2.06. The van der Waals surface area contributed by atoms with E-state index in [4.69, 9.17) is 11.6 Å². The number of hydrogen-bond acceptors (Lipinski definition) is 2. The Bertz CT molecular complexity index is 938. The van der Waals surface area contributed by atoms with Crippen molar-refractivity contribution in [2.24, 2.45) is 7.05 Å². The first kappa shape index (κ1) is 15.4. The van der Waals surface area contributed by atoms with Gasteiger partial charge in [-0.25, -0.2) is 0 Å². The third-order valence-electron chi connectivity index (χ3n) is 4.04. The minimum atomic E-state index is -0.112. The Morgan fingerprint density at radius 2 is 1.96 bits per heavy atom. The number of aryl methyl sites for hydroxylation is 1. The molecule has 0 bridgehead atoms. The lowest BCUT2D eigenvalue weighted by Crippen LogP contribution is -1.98. The van der Waals surface area contributed by atoms with E-state index in [0.29, 0.717) is 10.6 Å². The molecular weight excluding hydrogens is 310 g/mol. The molecule has 0 unspecified atom stereocenters. The zero-order valence-electron chi connectivity index (χ0n) is 12.9. The van der Waals surface area contributed by atoms with E-state index < -0.39 is 0 Å². The van der Waals surface area contributed by atoms with Gasteiger partial charge in [-0.05, 0) is 48.9 Å². The monoisotopic (exact) mass is 325 g/mol. The summed E-state index contributed by atoms with van der Waals surface area (Å²) < 4.78 is 1.95. The Morgan fingerprint density at radius 1 is 1.22 bits per heavy atom. The van der Waals surface area contributed by atoms with Gasteiger partial charge in [0, 0.05) is 28.7 Å². The standard InChI is InChI=1S/C19H16ClNO2/c1-12-19(15-11-14(22)8-9-17(15)21(12)2)18(23)10-7-13-5-3-4-6-16(13)20/h3-11,22H,1-2H3. The van der Waals surface area contributed by atoms with E-state index in [1.54, 1.807) is 24.3 Å². The average Bonchev–Trinajstić information content (AvgIpc) is 2.77. The normalized spacial score (nSPS) is 11.4. The fourth-order valence-corrected chi connectivity index (χ4v) is 2.93. The van der Waals surface area contributed by atoms with Crippen molar-refractivity contribution in [3.63, 3.8) is 0 Å². The van der Waals surface area contributed by atoms with Gasteiger partial charge in [0.2, 0.25) is 0 Å². The predicted octanol–water partition coefficient (Wildman–Crippen LogP) is 4.74. The molecule has 0 amide bonds. The molecule has 4 heteroatoms. The summed E-state index contributed by atoms with van der Waals surface area (Å²) in [7, 11) is 1.91. The maximum atomic E-state index is 12.7. The quantitative estimate of drug-likeness (QED) is 0.558. The van der Waals surface area contributed by atoms with Crippen LogP contribution in [0.2, 0.25) is 5.02 Å². The molecule has 0 aliphatic heterocycles. The number of carbonyl (C=O) groups is 1. The molecule has 1 heterocycles. The number of rotatable bonds is 3. The number of aromatic hydroxyl groups is 1. The summed E-state index contributed by atoms with van der Waals surface area (Å²) in [6.45, 7) is 1.90. The SMILES string of the molecule is Cc1c(C(=O)C=Cc2ccccc2Cl)c2cc(O)ccc2n1C. The molecule has 3 aromatic rings. The fraction of sp³-hybridized carbons (Fsp3) is 0.105. The van der Waals surface area contributed by atoms with Gasteiger partial charge in [-0.2, -0.15) is 0 Å². The molecule has 0 aliphatic rings. The second kappa shape index (κ2) is 5.94. The Labute approximate surface area is 139 Å². The number of carbonyl (C=O) groups excluding carboxylic acids is 1. The third-order valence-corrected chi connectivity index (χ3v) is 4.39. The Kier molecular flexibility index (Phi) is 3.97. The van der Waals surface area contributed by atoms with Crippen molar-refractivity contribution in [3.8, 4) is 5.75 Å². The zero-order chi connectivity index (χ0) is 16.6. The van der Waals surface area contributed by atoms with Crippen molar-refractivity contribution >= 4 is 34.4 Å². The van der Waals surface area contributed by atoms with Gasteiger partial charge in [0.25, 0.3) is 0 Å². The molecule has 0 spiro atoms. The van der Waals surface area contributed by atoms with Crippen molar-refractivity contribution in [2.75, 3.05) is 0 Å². The number of allylic oxidation sites excluding steroid dienone is 1. The fourth-order valence-electron chi connectivity index (χ4n) is 2.73. The maximum absolute atomic E-state index is 12.7. The number of aromatic nitrogens is 1. The van der Waals surface area contributed by atoms with E-state index in [0.717, 1.165) is 22.2 Å². The summed E-state index contributed by atoms with van der Waals surface area (Å²) in [5, 5.41) is 11.1. The van der Waals surface area contributed by atoms with Crippen LogP contribution in [0.25, 0.3) is 17.0 Å². The Hall–Kier alpha value is -2.52. The highest BCUT2D eigenvalue weighted by atomic mass is 35.5. The maximum Gasteiger partial charge on any atom is 0.188 e. The van der Waals surface area contributed by atoms with Crippen LogP contribution in [0, 0.1) is 6.92 Å². The van der Waals surface area contributed by atoms with Gasteiger partial charge in [0.1, 0.15) is 5.75 Å². The van der Waals surface area contributed by atoms with Crippen LogP contribution in [0.1, 0.15) is 21.6 Å². The van der Waals surface area contributed by atoms with Crippen molar-refractivity contribution in [1.29, 1.82) is 0 Å². The van der Waals surface area contributed by atoms with Gasteiger partial charge in [0.05, 0.1) is 5.56 Å². The largest absolute Gasteiger partial charge is 0.508 e. The molecule has 116 valence electrons. The summed E-state index contributed by atoms with van der Waals surface area (Å²) in [5.74, 6) is 0.0332. The number of fused-ring (bicyclic) bond motifs is 1. The molecule has 0 saturated heterocycles. The van der Waals surface area contributed by atoms with E-state index in [9.17, 15) is 9.90 Å². The summed E-state index contributed by atoms with van der Waals surface area (Å²) in [6.07, 6.45) is 3.23. The van der Waals surface area contributed by atoms with Crippen LogP contribution in [0.5, 0.6) is 5.75 Å². The second-order valence-corrected chi connectivity index (χ2v) is 5.85. The Morgan fingerprint density at radius 3 is 2.70 bits per heavy atom. The third kappa shape index (κ3) is 2.76. The number of ketones is 1. The van der Waals surface area contributed by atoms with Crippen LogP contribution in [-0.4, -0.2) is 15.5 Å². The molecule has 1 N–H and O–H groups in total.